The Bertz CT molecular complexity index is 611. The molecule has 0 radical (unpaired) electrons. The largest absolute Gasteiger partial charge is 0.340 e. The maximum atomic E-state index is 11.5. The van der Waals surface area contributed by atoms with Crippen molar-refractivity contribution in [3.05, 3.63) is 30.5 Å². The molecule has 1 aliphatic heterocycles. The summed E-state index contributed by atoms with van der Waals surface area (Å²) in [5, 5.41) is 1.05. The van der Waals surface area contributed by atoms with E-state index in [1.165, 1.54) is 0 Å². The minimum atomic E-state index is 0.129. The molecule has 98 valence electrons. The van der Waals surface area contributed by atoms with Crippen LogP contribution in [-0.2, 0) is 4.79 Å². The van der Waals surface area contributed by atoms with Crippen LogP contribution in [0, 0.1) is 5.92 Å². The van der Waals surface area contributed by atoms with Crippen LogP contribution in [-0.4, -0.2) is 28.8 Å². The summed E-state index contributed by atoms with van der Waals surface area (Å²) in [6.07, 6.45) is 3.87. The van der Waals surface area contributed by atoms with Crippen molar-refractivity contribution < 1.29 is 4.79 Å². The highest BCUT2D eigenvalue weighted by atomic mass is 16.1. The fraction of sp³-hybridized carbons (Fsp3) is 0.400. The summed E-state index contributed by atoms with van der Waals surface area (Å²) in [6.45, 7) is 3.35. The standard InChI is InChI=1S/C15H17N3O/c1-11(19)13-6-4-8-18(10-13)15-16-9-12-5-2-3-7-14(12)17-15/h2-3,5,7,9,13H,4,6,8,10H2,1H3. The van der Waals surface area contributed by atoms with Gasteiger partial charge in [-0.25, -0.2) is 9.97 Å². The van der Waals surface area contributed by atoms with Crippen molar-refractivity contribution in [2.45, 2.75) is 19.8 Å². The number of hydrogen-bond acceptors (Lipinski definition) is 4. The number of para-hydroxylation sites is 1. The second-order valence-electron chi connectivity index (χ2n) is 5.12. The van der Waals surface area contributed by atoms with E-state index in [0.717, 1.165) is 42.8 Å². The Morgan fingerprint density at radius 3 is 3.05 bits per heavy atom. The van der Waals surface area contributed by atoms with Crippen molar-refractivity contribution in [1.29, 1.82) is 0 Å². The van der Waals surface area contributed by atoms with Crippen LogP contribution in [0.15, 0.2) is 30.5 Å². The van der Waals surface area contributed by atoms with Gasteiger partial charge in [0.05, 0.1) is 5.52 Å². The van der Waals surface area contributed by atoms with E-state index >= 15 is 0 Å². The van der Waals surface area contributed by atoms with E-state index < -0.39 is 0 Å². The number of carbonyl (C=O) groups excluding carboxylic acids is 1. The summed E-state index contributed by atoms with van der Waals surface area (Å²) < 4.78 is 0. The third kappa shape index (κ3) is 2.43. The molecule has 1 aliphatic rings. The lowest BCUT2D eigenvalue weighted by Gasteiger charge is -2.31. The number of ketones is 1. The first-order chi connectivity index (χ1) is 9.24. The number of Topliss-reactive ketones (excluding diaryl/α,β-unsaturated/α-hetero) is 1. The lowest BCUT2D eigenvalue weighted by molar-refractivity contribution is -0.120. The number of nitrogens with zero attached hydrogens (tertiary/aromatic N) is 3. The molecule has 4 nitrogen and oxygen atoms in total. The quantitative estimate of drug-likeness (QED) is 0.827. The number of carbonyl (C=O) groups is 1. The molecule has 0 aliphatic carbocycles. The number of rotatable bonds is 2. The van der Waals surface area contributed by atoms with Crippen molar-refractivity contribution in [2.75, 3.05) is 18.0 Å². The van der Waals surface area contributed by atoms with Gasteiger partial charge in [0.25, 0.3) is 0 Å². The highest BCUT2D eigenvalue weighted by molar-refractivity contribution is 5.80. The van der Waals surface area contributed by atoms with Crippen LogP contribution in [0.4, 0.5) is 5.95 Å². The predicted molar refractivity (Wildman–Crippen MR) is 75.2 cm³/mol. The number of anilines is 1. The van der Waals surface area contributed by atoms with Crippen molar-refractivity contribution in [2.24, 2.45) is 5.92 Å². The van der Waals surface area contributed by atoms with Crippen LogP contribution in [0.25, 0.3) is 10.9 Å². The minimum Gasteiger partial charge on any atom is -0.340 e. The predicted octanol–water partition coefficient (Wildman–Crippen LogP) is 2.44. The van der Waals surface area contributed by atoms with Crippen LogP contribution in [0.2, 0.25) is 0 Å². The molecule has 0 bridgehead atoms. The molecule has 1 aromatic heterocycles. The maximum Gasteiger partial charge on any atom is 0.225 e. The van der Waals surface area contributed by atoms with E-state index in [1.54, 1.807) is 6.92 Å². The van der Waals surface area contributed by atoms with Gasteiger partial charge in [-0.05, 0) is 25.8 Å². The highest BCUT2D eigenvalue weighted by Crippen LogP contribution is 2.22. The average molecular weight is 255 g/mol. The summed E-state index contributed by atoms with van der Waals surface area (Å²) in [6, 6.07) is 7.96. The first kappa shape index (κ1) is 12.1. The van der Waals surface area contributed by atoms with E-state index in [-0.39, 0.29) is 11.7 Å². The minimum absolute atomic E-state index is 0.129. The zero-order valence-corrected chi connectivity index (χ0v) is 11.0. The summed E-state index contributed by atoms with van der Waals surface area (Å²) in [7, 11) is 0. The molecule has 0 spiro atoms. The fourth-order valence-electron chi connectivity index (χ4n) is 2.61. The highest BCUT2D eigenvalue weighted by Gasteiger charge is 2.24. The molecule has 2 aromatic rings. The molecular formula is C15H17N3O. The Hall–Kier alpha value is -1.97. The Labute approximate surface area is 112 Å². The van der Waals surface area contributed by atoms with Crippen LogP contribution >= 0.6 is 0 Å². The number of benzene rings is 1. The zero-order valence-electron chi connectivity index (χ0n) is 11.0. The first-order valence-electron chi connectivity index (χ1n) is 6.71. The molecule has 2 heterocycles. The fourth-order valence-corrected chi connectivity index (χ4v) is 2.61. The van der Waals surface area contributed by atoms with Crippen LogP contribution in [0.1, 0.15) is 19.8 Å². The van der Waals surface area contributed by atoms with Crippen LogP contribution < -0.4 is 4.90 Å². The molecule has 1 atom stereocenters. The van der Waals surface area contributed by atoms with Crippen LogP contribution in [0.3, 0.4) is 0 Å². The molecule has 0 amide bonds. The number of piperidine rings is 1. The molecular weight excluding hydrogens is 238 g/mol. The summed E-state index contributed by atoms with van der Waals surface area (Å²) in [5.41, 5.74) is 0.956. The topological polar surface area (TPSA) is 46.1 Å². The number of hydrogen-bond donors (Lipinski definition) is 0. The SMILES string of the molecule is CC(=O)C1CCCN(c2ncc3ccccc3n2)C1. The molecule has 19 heavy (non-hydrogen) atoms. The van der Waals surface area contributed by atoms with Crippen LogP contribution in [0.5, 0.6) is 0 Å². The Morgan fingerprint density at radius 1 is 1.37 bits per heavy atom. The van der Waals surface area contributed by atoms with Gasteiger partial charge in [0.1, 0.15) is 5.78 Å². The Balaban J connectivity index is 1.89. The van der Waals surface area contributed by atoms with Crippen molar-refractivity contribution in [3.63, 3.8) is 0 Å². The molecule has 0 saturated carbocycles. The van der Waals surface area contributed by atoms with E-state index in [4.69, 9.17) is 0 Å². The summed E-state index contributed by atoms with van der Waals surface area (Å²) in [5.74, 6) is 1.14. The second-order valence-corrected chi connectivity index (χ2v) is 5.12. The molecule has 4 heteroatoms. The van der Waals surface area contributed by atoms with Crippen molar-refractivity contribution in [3.8, 4) is 0 Å². The summed E-state index contributed by atoms with van der Waals surface area (Å²) in [4.78, 5) is 22.7. The van der Waals surface area contributed by atoms with Gasteiger partial charge in [-0.2, -0.15) is 0 Å². The molecule has 0 N–H and O–H groups in total. The van der Waals surface area contributed by atoms with Gasteiger partial charge in [-0.15, -0.1) is 0 Å². The number of aromatic nitrogens is 2. The number of fused-ring (bicyclic) bond motifs is 1. The van der Waals surface area contributed by atoms with E-state index in [2.05, 4.69) is 14.9 Å². The lowest BCUT2D eigenvalue weighted by Crippen LogP contribution is -2.39. The van der Waals surface area contributed by atoms with Gasteiger partial charge in [0, 0.05) is 30.6 Å². The van der Waals surface area contributed by atoms with Gasteiger partial charge in [0.15, 0.2) is 0 Å². The normalized spacial score (nSPS) is 19.6. The van der Waals surface area contributed by atoms with Gasteiger partial charge in [-0.1, -0.05) is 18.2 Å². The monoisotopic (exact) mass is 255 g/mol. The van der Waals surface area contributed by atoms with E-state index in [1.807, 2.05) is 30.5 Å². The van der Waals surface area contributed by atoms with Gasteiger partial charge < -0.3 is 4.90 Å². The second kappa shape index (κ2) is 4.96. The Kier molecular flexibility index (Phi) is 3.15. The molecule has 3 rings (SSSR count). The first-order valence-corrected chi connectivity index (χ1v) is 6.71. The zero-order chi connectivity index (χ0) is 13.2. The molecule has 1 aromatic carbocycles. The Morgan fingerprint density at radius 2 is 2.21 bits per heavy atom. The molecule has 1 saturated heterocycles. The smallest absolute Gasteiger partial charge is 0.225 e. The van der Waals surface area contributed by atoms with Crippen molar-refractivity contribution in [1.82, 2.24) is 9.97 Å². The van der Waals surface area contributed by atoms with Gasteiger partial charge in [0.2, 0.25) is 5.95 Å². The van der Waals surface area contributed by atoms with E-state index in [0.29, 0.717) is 0 Å². The third-order valence-corrected chi connectivity index (χ3v) is 3.76. The molecule has 1 unspecified atom stereocenters. The van der Waals surface area contributed by atoms with E-state index in [9.17, 15) is 4.79 Å². The van der Waals surface area contributed by atoms with Crippen molar-refractivity contribution >= 4 is 22.6 Å². The molecule has 1 fully saturated rings. The maximum absolute atomic E-state index is 11.5. The lowest BCUT2D eigenvalue weighted by atomic mass is 9.95. The average Bonchev–Trinajstić information content (AvgIpc) is 2.47. The van der Waals surface area contributed by atoms with Gasteiger partial charge >= 0.3 is 0 Å². The summed E-state index contributed by atoms with van der Waals surface area (Å²) >= 11 is 0. The van der Waals surface area contributed by atoms with Gasteiger partial charge in [-0.3, -0.25) is 4.79 Å². The third-order valence-electron chi connectivity index (χ3n) is 3.76.